The number of fused-ring (bicyclic) bond motifs is 1. The second-order valence-electron chi connectivity index (χ2n) is 5.35. The minimum Gasteiger partial charge on any atom is -0.494 e. The third-order valence-corrected chi connectivity index (χ3v) is 3.27. The fraction of sp³-hybridized carbons (Fsp3) is 0.474. The second-order valence-corrected chi connectivity index (χ2v) is 5.35. The van der Waals surface area contributed by atoms with Crippen LogP contribution in [0.2, 0.25) is 0 Å². The van der Waals surface area contributed by atoms with Crippen LogP contribution in [0.15, 0.2) is 30.3 Å². The molecule has 2 rings (SSSR count). The summed E-state index contributed by atoms with van der Waals surface area (Å²) in [6.07, 6.45) is 2.97. The number of ether oxygens (including phenoxy) is 3. The van der Waals surface area contributed by atoms with Crippen molar-refractivity contribution in [3.05, 3.63) is 30.3 Å². The molecule has 0 aliphatic rings. The molecular weight excluding hydrogens is 276 g/mol. The lowest BCUT2D eigenvalue weighted by Crippen LogP contribution is -2.00. The summed E-state index contributed by atoms with van der Waals surface area (Å²) in [7, 11) is 0. The van der Waals surface area contributed by atoms with Crippen molar-refractivity contribution in [2.24, 2.45) is 0 Å². The molecule has 0 saturated carbocycles. The molecule has 3 nitrogen and oxygen atoms in total. The van der Waals surface area contributed by atoms with E-state index in [4.69, 9.17) is 14.2 Å². The van der Waals surface area contributed by atoms with Crippen LogP contribution in [0.25, 0.3) is 10.8 Å². The molecule has 0 N–H and O–H groups in total. The molecule has 0 aliphatic carbocycles. The van der Waals surface area contributed by atoms with E-state index in [-0.39, 0.29) is 0 Å². The van der Waals surface area contributed by atoms with E-state index in [1.54, 1.807) is 0 Å². The molecule has 0 spiro atoms. The molecule has 0 saturated heterocycles. The maximum Gasteiger partial charge on any atom is 0.130 e. The Hall–Kier alpha value is -1.90. The van der Waals surface area contributed by atoms with Gasteiger partial charge in [0.15, 0.2) is 0 Å². The molecule has 0 radical (unpaired) electrons. The van der Waals surface area contributed by atoms with Gasteiger partial charge < -0.3 is 14.2 Å². The summed E-state index contributed by atoms with van der Waals surface area (Å²) in [6.45, 7) is 8.47. The Balaban J connectivity index is 2.36. The van der Waals surface area contributed by atoms with Crippen molar-refractivity contribution >= 4 is 10.8 Å². The van der Waals surface area contributed by atoms with Crippen molar-refractivity contribution < 1.29 is 14.2 Å². The first kappa shape index (κ1) is 16.5. The monoisotopic (exact) mass is 302 g/mol. The Morgan fingerprint density at radius 3 is 2.00 bits per heavy atom. The van der Waals surface area contributed by atoms with Gasteiger partial charge in [0.2, 0.25) is 0 Å². The second kappa shape index (κ2) is 8.52. The lowest BCUT2D eigenvalue weighted by Gasteiger charge is -2.13. The van der Waals surface area contributed by atoms with Crippen molar-refractivity contribution in [3.8, 4) is 17.2 Å². The van der Waals surface area contributed by atoms with E-state index in [1.807, 2.05) is 12.1 Å². The van der Waals surface area contributed by atoms with Crippen LogP contribution in [0, 0.1) is 0 Å². The largest absolute Gasteiger partial charge is 0.494 e. The van der Waals surface area contributed by atoms with Crippen LogP contribution < -0.4 is 14.2 Å². The highest BCUT2D eigenvalue weighted by molar-refractivity contribution is 5.91. The van der Waals surface area contributed by atoms with Gasteiger partial charge in [-0.25, -0.2) is 0 Å². The normalized spacial score (nSPS) is 10.7. The van der Waals surface area contributed by atoms with Crippen molar-refractivity contribution in [1.82, 2.24) is 0 Å². The summed E-state index contributed by atoms with van der Waals surface area (Å²) in [4.78, 5) is 0. The van der Waals surface area contributed by atoms with E-state index >= 15 is 0 Å². The molecule has 3 heteroatoms. The van der Waals surface area contributed by atoms with Gasteiger partial charge in [-0.1, -0.05) is 26.8 Å². The van der Waals surface area contributed by atoms with Crippen LogP contribution in [0.3, 0.4) is 0 Å². The van der Waals surface area contributed by atoms with Gasteiger partial charge in [-0.05, 0) is 42.8 Å². The van der Waals surface area contributed by atoms with Crippen molar-refractivity contribution in [3.63, 3.8) is 0 Å². The molecule has 22 heavy (non-hydrogen) atoms. The minimum atomic E-state index is 0.701. The van der Waals surface area contributed by atoms with Crippen LogP contribution in [0.1, 0.15) is 40.0 Å². The van der Waals surface area contributed by atoms with Gasteiger partial charge >= 0.3 is 0 Å². The van der Waals surface area contributed by atoms with Gasteiger partial charge in [0, 0.05) is 11.5 Å². The summed E-state index contributed by atoms with van der Waals surface area (Å²) >= 11 is 0. The summed E-state index contributed by atoms with van der Waals surface area (Å²) in [5, 5.41) is 2.19. The average Bonchev–Trinajstić information content (AvgIpc) is 2.55. The Morgan fingerprint density at radius 2 is 1.32 bits per heavy atom. The maximum atomic E-state index is 5.91. The van der Waals surface area contributed by atoms with Crippen molar-refractivity contribution in [2.45, 2.75) is 40.0 Å². The molecule has 0 fully saturated rings. The lowest BCUT2D eigenvalue weighted by molar-refractivity contribution is 0.303. The zero-order chi connectivity index (χ0) is 15.8. The SMILES string of the molecule is CCCOc1cc(OCCC)c2cc(OCCC)ccc2c1. The molecule has 120 valence electrons. The van der Waals surface area contributed by atoms with Crippen LogP contribution in [-0.2, 0) is 0 Å². The average molecular weight is 302 g/mol. The zero-order valence-corrected chi connectivity index (χ0v) is 13.9. The van der Waals surface area contributed by atoms with E-state index < -0.39 is 0 Å². The van der Waals surface area contributed by atoms with E-state index in [1.165, 1.54) is 0 Å². The van der Waals surface area contributed by atoms with Gasteiger partial charge in [-0.15, -0.1) is 0 Å². The molecule has 0 atom stereocenters. The first-order chi connectivity index (χ1) is 10.8. The van der Waals surface area contributed by atoms with E-state index in [9.17, 15) is 0 Å². The smallest absolute Gasteiger partial charge is 0.130 e. The summed E-state index contributed by atoms with van der Waals surface area (Å²) in [5.74, 6) is 2.62. The van der Waals surface area contributed by atoms with E-state index in [0.717, 1.165) is 60.5 Å². The topological polar surface area (TPSA) is 27.7 Å². The molecule has 0 unspecified atom stereocenters. The molecule has 0 aromatic heterocycles. The highest BCUT2D eigenvalue weighted by atomic mass is 16.5. The number of hydrogen-bond acceptors (Lipinski definition) is 3. The first-order valence-electron chi connectivity index (χ1n) is 8.24. The molecule has 0 bridgehead atoms. The standard InChI is InChI=1S/C19H26O3/c1-4-9-20-16-8-7-15-12-17(21-10-5-2)14-19(18(15)13-16)22-11-6-3/h7-8,12-14H,4-6,9-11H2,1-3H3. The Morgan fingerprint density at radius 1 is 0.682 bits per heavy atom. The highest BCUT2D eigenvalue weighted by Gasteiger charge is 2.08. The van der Waals surface area contributed by atoms with Gasteiger partial charge in [-0.2, -0.15) is 0 Å². The molecule has 0 amide bonds. The number of benzene rings is 2. The number of hydrogen-bond donors (Lipinski definition) is 0. The van der Waals surface area contributed by atoms with Crippen molar-refractivity contribution in [2.75, 3.05) is 19.8 Å². The molecular formula is C19H26O3. The van der Waals surface area contributed by atoms with Crippen molar-refractivity contribution in [1.29, 1.82) is 0 Å². The fourth-order valence-corrected chi connectivity index (χ4v) is 2.22. The van der Waals surface area contributed by atoms with Gasteiger partial charge in [0.05, 0.1) is 19.8 Å². The quantitative estimate of drug-likeness (QED) is 0.636. The summed E-state index contributed by atoms with van der Waals surface area (Å²) in [6, 6.07) is 10.2. The zero-order valence-electron chi connectivity index (χ0n) is 13.9. The van der Waals surface area contributed by atoms with Gasteiger partial charge in [-0.3, -0.25) is 0 Å². The van der Waals surface area contributed by atoms with Gasteiger partial charge in [0.1, 0.15) is 17.2 Å². The molecule has 0 heterocycles. The third kappa shape index (κ3) is 4.30. The van der Waals surface area contributed by atoms with E-state index in [0.29, 0.717) is 6.61 Å². The minimum absolute atomic E-state index is 0.701. The lowest BCUT2D eigenvalue weighted by atomic mass is 10.1. The molecule has 2 aromatic carbocycles. The number of rotatable bonds is 9. The van der Waals surface area contributed by atoms with Crippen LogP contribution >= 0.6 is 0 Å². The molecule has 2 aromatic rings. The Bertz CT molecular complexity index is 592. The van der Waals surface area contributed by atoms with E-state index in [2.05, 4.69) is 39.0 Å². The Kier molecular flexibility index (Phi) is 6.38. The third-order valence-electron chi connectivity index (χ3n) is 3.27. The maximum absolute atomic E-state index is 5.91. The first-order valence-corrected chi connectivity index (χ1v) is 8.24. The predicted molar refractivity (Wildman–Crippen MR) is 91.3 cm³/mol. The van der Waals surface area contributed by atoms with Gasteiger partial charge in [0.25, 0.3) is 0 Å². The van der Waals surface area contributed by atoms with Crippen LogP contribution in [0.5, 0.6) is 17.2 Å². The van der Waals surface area contributed by atoms with Crippen LogP contribution in [0.4, 0.5) is 0 Å². The molecule has 0 aliphatic heterocycles. The highest BCUT2D eigenvalue weighted by Crippen LogP contribution is 2.34. The Labute approximate surface area is 133 Å². The summed E-state index contributed by atoms with van der Waals surface area (Å²) in [5.41, 5.74) is 0. The predicted octanol–water partition coefficient (Wildman–Crippen LogP) is 5.21. The summed E-state index contributed by atoms with van der Waals surface area (Å²) < 4.78 is 17.4. The fourth-order valence-electron chi connectivity index (χ4n) is 2.22. The van der Waals surface area contributed by atoms with Crippen LogP contribution in [-0.4, -0.2) is 19.8 Å².